The second kappa shape index (κ2) is 10.4. The SMILES string of the molecule is CCCCCCCCOC(=O)CSc1nc2c(cc1C#N)CCC2. The van der Waals surface area contributed by atoms with E-state index in [1.807, 2.05) is 6.07 Å². The lowest BCUT2D eigenvalue weighted by molar-refractivity contribution is -0.140. The number of rotatable bonds is 10. The first-order chi connectivity index (χ1) is 11.7. The van der Waals surface area contributed by atoms with Crippen molar-refractivity contribution in [1.82, 2.24) is 4.98 Å². The molecule has 24 heavy (non-hydrogen) atoms. The highest BCUT2D eigenvalue weighted by Crippen LogP contribution is 2.27. The molecular weight excluding hydrogens is 320 g/mol. The molecule has 130 valence electrons. The van der Waals surface area contributed by atoms with E-state index in [2.05, 4.69) is 18.0 Å². The summed E-state index contributed by atoms with van der Waals surface area (Å²) in [5.41, 5.74) is 2.84. The summed E-state index contributed by atoms with van der Waals surface area (Å²) in [5, 5.41) is 9.92. The second-order valence-electron chi connectivity index (χ2n) is 6.19. The van der Waals surface area contributed by atoms with Crippen LogP contribution in [0, 0.1) is 11.3 Å². The molecule has 0 aromatic carbocycles. The Bertz CT molecular complexity index is 596. The van der Waals surface area contributed by atoms with E-state index in [9.17, 15) is 10.1 Å². The number of nitrogens with zero attached hydrogens (tertiary/aromatic N) is 2. The molecule has 0 saturated heterocycles. The van der Waals surface area contributed by atoms with E-state index in [1.54, 1.807) is 0 Å². The van der Waals surface area contributed by atoms with Crippen molar-refractivity contribution < 1.29 is 9.53 Å². The van der Waals surface area contributed by atoms with Gasteiger partial charge in [-0.1, -0.05) is 50.8 Å². The van der Waals surface area contributed by atoms with Gasteiger partial charge in [-0.15, -0.1) is 0 Å². The van der Waals surface area contributed by atoms with Crippen LogP contribution >= 0.6 is 11.8 Å². The number of carbonyl (C=O) groups excluding carboxylic acids is 1. The molecule has 0 radical (unpaired) electrons. The van der Waals surface area contributed by atoms with Gasteiger partial charge in [-0.2, -0.15) is 5.26 Å². The molecule has 0 bridgehead atoms. The van der Waals surface area contributed by atoms with E-state index in [4.69, 9.17) is 4.74 Å². The maximum absolute atomic E-state index is 11.8. The molecule has 1 aliphatic rings. The molecule has 1 heterocycles. The Morgan fingerprint density at radius 1 is 1.29 bits per heavy atom. The van der Waals surface area contributed by atoms with Crippen LogP contribution < -0.4 is 0 Å². The summed E-state index contributed by atoms with van der Waals surface area (Å²) in [4.78, 5) is 16.4. The number of carbonyl (C=O) groups is 1. The van der Waals surface area contributed by atoms with Gasteiger partial charge in [0.05, 0.1) is 17.9 Å². The van der Waals surface area contributed by atoms with Gasteiger partial charge >= 0.3 is 5.97 Å². The zero-order valence-corrected chi connectivity index (χ0v) is 15.3. The topological polar surface area (TPSA) is 63.0 Å². The highest BCUT2D eigenvalue weighted by molar-refractivity contribution is 7.99. The average molecular weight is 346 g/mol. The highest BCUT2D eigenvalue weighted by atomic mass is 32.2. The molecule has 0 N–H and O–H groups in total. The largest absolute Gasteiger partial charge is 0.465 e. The molecule has 5 heteroatoms. The van der Waals surface area contributed by atoms with E-state index in [-0.39, 0.29) is 11.7 Å². The van der Waals surface area contributed by atoms with Crippen LogP contribution in [-0.4, -0.2) is 23.3 Å². The third-order valence-corrected chi connectivity index (χ3v) is 5.19. The zero-order chi connectivity index (χ0) is 17.2. The number of hydrogen-bond donors (Lipinski definition) is 0. The molecule has 1 aliphatic carbocycles. The molecule has 0 aliphatic heterocycles. The van der Waals surface area contributed by atoms with Crippen molar-refractivity contribution in [2.45, 2.75) is 69.7 Å². The van der Waals surface area contributed by atoms with Gasteiger partial charge in [0.2, 0.25) is 0 Å². The number of esters is 1. The fourth-order valence-electron chi connectivity index (χ4n) is 2.88. The number of hydrogen-bond acceptors (Lipinski definition) is 5. The highest BCUT2D eigenvalue weighted by Gasteiger charge is 2.17. The number of thioether (sulfide) groups is 1. The number of ether oxygens (including phenoxy) is 1. The first kappa shape index (κ1) is 18.8. The lowest BCUT2D eigenvalue weighted by Gasteiger charge is -2.07. The smallest absolute Gasteiger partial charge is 0.316 e. The summed E-state index contributed by atoms with van der Waals surface area (Å²) in [6.45, 7) is 2.70. The molecule has 0 saturated carbocycles. The van der Waals surface area contributed by atoms with Gasteiger partial charge < -0.3 is 4.74 Å². The Kier molecular flexibility index (Phi) is 8.11. The minimum Gasteiger partial charge on any atom is -0.465 e. The van der Waals surface area contributed by atoms with Crippen molar-refractivity contribution in [3.8, 4) is 6.07 Å². The Labute approximate surface area is 149 Å². The van der Waals surface area contributed by atoms with Gasteiger partial charge in [0.15, 0.2) is 0 Å². The summed E-state index contributed by atoms with van der Waals surface area (Å²) in [5.74, 6) is -0.00390. The molecular formula is C19H26N2O2S. The van der Waals surface area contributed by atoms with Crippen LogP contribution in [-0.2, 0) is 22.4 Å². The lowest BCUT2D eigenvalue weighted by atomic mass is 10.1. The molecule has 0 fully saturated rings. The summed E-state index contributed by atoms with van der Waals surface area (Å²) >= 11 is 1.31. The average Bonchev–Trinajstić information content (AvgIpc) is 3.05. The molecule has 0 amide bonds. The van der Waals surface area contributed by atoms with Gasteiger partial charge in [0.25, 0.3) is 0 Å². The predicted molar refractivity (Wildman–Crippen MR) is 96.0 cm³/mol. The molecule has 1 aromatic heterocycles. The Hall–Kier alpha value is -1.54. The summed E-state index contributed by atoms with van der Waals surface area (Å²) in [6, 6.07) is 4.12. The zero-order valence-electron chi connectivity index (χ0n) is 14.5. The number of fused-ring (bicyclic) bond motifs is 1. The van der Waals surface area contributed by atoms with Crippen molar-refractivity contribution in [1.29, 1.82) is 5.26 Å². The number of unbranched alkanes of at least 4 members (excludes halogenated alkanes) is 5. The first-order valence-electron chi connectivity index (χ1n) is 8.96. The Morgan fingerprint density at radius 2 is 2.08 bits per heavy atom. The van der Waals surface area contributed by atoms with Crippen LogP contribution in [0.15, 0.2) is 11.1 Å². The standard InChI is InChI=1S/C19H26N2O2S/c1-2-3-4-5-6-7-11-23-18(22)14-24-19-16(13-20)12-15-9-8-10-17(15)21-19/h12H,2-11,14H2,1H3. The Balaban J connectivity index is 1.70. The summed E-state index contributed by atoms with van der Waals surface area (Å²) < 4.78 is 5.27. The Morgan fingerprint density at radius 3 is 2.88 bits per heavy atom. The van der Waals surface area contributed by atoms with E-state index in [1.165, 1.54) is 43.0 Å². The van der Waals surface area contributed by atoms with E-state index < -0.39 is 0 Å². The van der Waals surface area contributed by atoms with Crippen LogP contribution in [0.4, 0.5) is 0 Å². The van der Waals surface area contributed by atoms with Gasteiger partial charge in [-0.05, 0) is 37.3 Å². The van der Waals surface area contributed by atoms with Crippen LogP contribution in [0.2, 0.25) is 0 Å². The van der Waals surface area contributed by atoms with Crippen molar-refractivity contribution >= 4 is 17.7 Å². The van der Waals surface area contributed by atoms with Crippen LogP contribution in [0.25, 0.3) is 0 Å². The molecule has 2 rings (SSSR count). The van der Waals surface area contributed by atoms with Gasteiger partial charge in [0.1, 0.15) is 11.1 Å². The van der Waals surface area contributed by atoms with Crippen LogP contribution in [0.5, 0.6) is 0 Å². The second-order valence-corrected chi connectivity index (χ2v) is 7.15. The number of aromatic nitrogens is 1. The normalized spacial score (nSPS) is 12.7. The van der Waals surface area contributed by atoms with E-state index in [0.717, 1.165) is 37.8 Å². The number of pyridine rings is 1. The molecule has 1 aromatic rings. The van der Waals surface area contributed by atoms with E-state index in [0.29, 0.717) is 17.2 Å². The third-order valence-electron chi connectivity index (χ3n) is 4.22. The quantitative estimate of drug-likeness (QED) is 0.356. The monoisotopic (exact) mass is 346 g/mol. The molecule has 4 nitrogen and oxygen atoms in total. The van der Waals surface area contributed by atoms with Crippen molar-refractivity contribution in [3.05, 3.63) is 22.9 Å². The fourth-order valence-corrected chi connectivity index (χ4v) is 3.65. The minimum absolute atomic E-state index is 0.219. The van der Waals surface area contributed by atoms with Gasteiger partial charge in [-0.3, -0.25) is 4.79 Å². The van der Waals surface area contributed by atoms with Gasteiger partial charge in [0, 0.05) is 5.69 Å². The summed E-state index contributed by atoms with van der Waals surface area (Å²) in [7, 11) is 0. The fraction of sp³-hybridized carbons (Fsp3) is 0.632. The maximum atomic E-state index is 11.8. The van der Waals surface area contributed by atoms with Crippen molar-refractivity contribution in [2.24, 2.45) is 0 Å². The first-order valence-corrected chi connectivity index (χ1v) is 9.94. The molecule has 0 unspecified atom stereocenters. The lowest BCUT2D eigenvalue weighted by Crippen LogP contribution is -2.09. The third kappa shape index (κ3) is 5.83. The molecule has 0 spiro atoms. The summed E-state index contributed by atoms with van der Waals surface area (Å²) in [6.07, 6.45) is 10.1. The number of aryl methyl sites for hydroxylation is 2. The molecule has 0 atom stereocenters. The van der Waals surface area contributed by atoms with E-state index >= 15 is 0 Å². The van der Waals surface area contributed by atoms with Crippen LogP contribution in [0.1, 0.15) is 68.7 Å². The van der Waals surface area contributed by atoms with Crippen LogP contribution in [0.3, 0.4) is 0 Å². The van der Waals surface area contributed by atoms with Crippen molar-refractivity contribution in [2.75, 3.05) is 12.4 Å². The number of nitriles is 1. The predicted octanol–water partition coefficient (Wildman–Crippen LogP) is 4.44. The van der Waals surface area contributed by atoms with Crippen molar-refractivity contribution in [3.63, 3.8) is 0 Å². The maximum Gasteiger partial charge on any atom is 0.316 e. The van der Waals surface area contributed by atoms with Gasteiger partial charge in [-0.25, -0.2) is 4.98 Å². The minimum atomic E-state index is -0.222.